The molecule has 0 bridgehead atoms. The highest BCUT2D eigenvalue weighted by Gasteiger charge is 2.21. The van der Waals surface area contributed by atoms with Crippen molar-refractivity contribution in [3.05, 3.63) is 42.4 Å². The second-order valence-electron chi connectivity index (χ2n) is 5.30. The predicted octanol–water partition coefficient (Wildman–Crippen LogP) is 1.79. The first-order chi connectivity index (χ1) is 10.7. The third-order valence-electron chi connectivity index (χ3n) is 3.53. The van der Waals surface area contributed by atoms with Crippen molar-refractivity contribution in [3.63, 3.8) is 0 Å². The molecule has 114 valence electrons. The van der Waals surface area contributed by atoms with E-state index in [2.05, 4.69) is 15.0 Å². The summed E-state index contributed by atoms with van der Waals surface area (Å²) in [5.74, 6) is 0.467. The minimum Gasteiger partial charge on any atom is -0.377 e. The number of rotatable bonds is 2. The Bertz CT molecular complexity index is 630. The van der Waals surface area contributed by atoms with Crippen molar-refractivity contribution in [3.8, 4) is 11.5 Å². The first-order valence-corrected chi connectivity index (χ1v) is 7.38. The van der Waals surface area contributed by atoms with Crippen LogP contribution in [0.5, 0.6) is 0 Å². The Morgan fingerprint density at radius 1 is 1.27 bits per heavy atom. The van der Waals surface area contributed by atoms with Gasteiger partial charge in [-0.05, 0) is 25.5 Å². The topological polar surface area (TPSA) is 68.2 Å². The molecule has 0 spiro atoms. The third kappa shape index (κ3) is 3.28. The summed E-state index contributed by atoms with van der Waals surface area (Å²) in [6.45, 7) is 3.97. The quantitative estimate of drug-likeness (QED) is 0.845. The highest BCUT2D eigenvalue weighted by atomic mass is 16.5. The Kier molecular flexibility index (Phi) is 4.39. The van der Waals surface area contributed by atoms with Crippen LogP contribution in [-0.4, -0.2) is 51.6 Å². The molecule has 3 heterocycles. The van der Waals surface area contributed by atoms with Gasteiger partial charge < -0.3 is 9.64 Å². The summed E-state index contributed by atoms with van der Waals surface area (Å²) in [5, 5.41) is 0. The molecule has 1 amide bonds. The van der Waals surface area contributed by atoms with E-state index >= 15 is 0 Å². The van der Waals surface area contributed by atoms with Crippen LogP contribution in [0.15, 0.2) is 36.8 Å². The molecule has 1 aliphatic rings. The Hall–Kier alpha value is -2.34. The Morgan fingerprint density at radius 2 is 2.09 bits per heavy atom. The monoisotopic (exact) mass is 298 g/mol. The summed E-state index contributed by atoms with van der Waals surface area (Å²) in [6.07, 6.45) is 5.73. The molecule has 1 saturated heterocycles. The van der Waals surface area contributed by atoms with Crippen LogP contribution < -0.4 is 0 Å². The fourth-order valence-electron chi connectivity index (χ4n) is 2.43. The van der Waals surface area contributed by atoms with Crippen molar-refractivity contribution in [2.75, 3.05) is 19.7 Å². The lowest BCUT2D eigenvalue weighted by molar-refractivity contribution is 0.0562. The highest BCUT2D eigenvalue weighted by molar-refractivity contribution is 5.93. The van der Waals surface area contributed by atoms with E-state index in [9.17, 15) is 4.79 Å². The zero-order valence-corrected chi connectivity index (χ0v) is 12.5. The van der Waals surface area contributed by atoms with Gasteiger partial charge in [0.1, 0.15) is 5.69 Å². The predicted molar refractivity (Wildman–Crippen MR) is 81.2 cm³/mol. The number of hydrogen-bond acceptors (Lipinski definition) is 5. The molecule has 0 aromatic carbocycles. The van der Waals surface area contributed by atoms with Crippen molar-refractivity contribution in [1.29, 1.82) is 0 Å². The summed E-state index contributed by atoms with van der Waals surface area (Å²) >= 11 is 0. The van der Waals surface area contributed by atoms with Crippen LogP contribution in [0.1, 0.15) is 23.7 Å². The van der Waals surface area contributed by atoms with E-state index in [0.29, 0.717) is 36.8 Å². The van der Waals surface area contributed by atoms with Gasteiger partial charge in [-0.25, -0.2) is 9.97 Å². The van der Waals surface area contributed by atoms with Crippen LogP contribution in [0, 0.1) is 0 Å². The fourth-order valence-corrected chi connectivity index (χ4v) is 2.43. The van der Waals surface area contributed by atoms with Crippen LogP contribution in [0.4, 0.5) is 0 Å². The second kappa shape index (κ2) is 6.62. The van der Waals surface area contributed by atoms with Gasteiger partial charge in [-0.15, -0.1) is 0 Å². The minimum atomic E-state index is -0.0510. The molecular weight excluding hydrogens is 280 g/mol. The SMILES string of the molecule is C[C@H]1CN(C(=O)c2cnc(-c3ccccn3)nc2)CCCO1. The number of aromatic nitrogens is 3. The average molecular weight is 298 g/mol. The molecule has 2 aromatic rings. The van der Waals surface area contributed by atoms with E-state index in [-0.39, 0.29) is 12.0 Å². The standard InChI is InChI=1S/C16H18N4O2/c1-12-11-20(7-4-8-22-12)16(21)13-9-18-15(19-10-13)14-5-2-3-6-17-14/h2-3,5-6,9-10,12H,4,7-8,11H2,1H3/t12-/m0/s1. The number of amides is 1. The van der Waals surface area contributed by atoms with Gasteiger partial charge in [0, 0.05) is 38.3 Å². The summed E-state index contributed by atoms with van der Waals surface area (Å²) in [7, 11) is 0. The summed E-state index contributed by atoms with van der Waals surface area (Å²) in [6, 6.07) is 5.55. The molecule has 6 heteroatoms. The lowest BCUT2D eigenvalue weighted by Crippen LogP contribution is -2.36. The van der Waals surface area contributed by atoms with E-state index in [1.807, 2.05) is 25.1 Å². The molecular formula is C16H18N4O2. The molecule has 22 heavy (non-hydrogen) atoms. The number of ether oxygens (including phenoxy) is 1. The first kappa shape index (κ1) is 14.6. The number of nitrogens with zero attached hydrogens (tertiary/aromatic N) is 4. The van der Waals surface area contributed by atoms with Crippen molar-refractivity contribution >= 4 is 5.91 Å². The molecule has 1 aliphatic heterocycles. The average Bonchev–Trinajstić information content (AvgIpc) is 2.80. The number of carbonyl (C=O) groups is 1. The molecule has 0 unspecified atom stereocenters. The molecule has 3 rings (SSSR count). The summed E-state index contributed by atoms with van der Waals surface area (Å²) in [5.41, 5.74) is 1.19. The van der Waals surface area contributed by atoms with E-state index in [1.165, 1.54) is 0 Å². The zero-order valence-electron chi connectivity index (χ0n) is 12.5. The van der Waals surface area contributed by atoms with E-state index < -0.39 is 0 Å². The van der Waals surface area contributed by atoms with E-state index in [0.717, 1.165) is 6.42 Å². The van der Waals surface area contributed by atoms with Crippen molar-refractivity contribution in [2.45, 2.75) is 19.4 Å². The molecule has 1 atom stereocenters. The van der Waals surface area contributed by atoms with Gasteiger partial charge in [0.2, 0.25) is 0 Å². The maximum Gasteiger partial charge on any atom is 0.257 e. The molecule has 0 N–H and O–H groups in total. The van der Waals surface area contributed by atoms with Crippen LogP contribution in [0.3, 0.4) is 0 Å². The van der Waals surface area contributed by atoms with E-state index in [4.69, 9.17) is 4.74 Å². The lowest BCUT2D eigenvalue weighted by atomic mass is 10.2. The third-order valence-corrected chi connectivity index (χ3v) is 3.53. The number of carbonyl (C=O) groups excluding carboxylic acids is 1. The molecule has 0 saturated carbocycles. The van der Waals surface area contributed by atoms with Gasteiger partial charge in [0.25, 0.3) is 5.91 Å². The summed E-state index contributed by atoms with van der Waals surface area (Å²) < 4.78 is 5.56. The Labute approximate surface area is 129 Å². The van der Waals surface area contributed by atoms with Crippen molar-refractivity contribution < 1.29 is 9.53 Å². The normalized spacial score (nSPS) is 18.8. The molecule has 2 aromatic heterocycles. The zero-order chi connectivity index (χ0) is 15.4. The minimum absolute atomic E-state index is 0.0510. The van der Waals surface area contributed by atoms with Crippen LogP contribution in [0.2, 0.25) is 0 Å². The van der Waals surface area contributed by atoms with Gasteiger partial charge in [0.05, 0.1) is 11.7 Å². The van der Waals surface area contributed by atoms with Crippen molar-refractivity contribution in [2.24, 2.45) is 0 Å². The smallest absolute Gasteiger partial charge is 0.257 e. The Morgan fingerprint density at radius 3 is 2.82 bits per heavy atom. The molecule has 1 fully saturated rings. The first-order valence-electron chi connectivity index (χ1n) is 7.38. The van der Waals surface area contributed by atoms with Crippen LogP contribution in [0.25, 0.3) is 11.5 Å². The molecule has 0 aliphatic carbocycles. The van der Waals surface area contributed by atoms with Crippen molar-refractivity contribution in [1.82, 2.24) is 19.9 Å². The maximum absolute atomic E-state index is 12.5. The van der Waals surface area contributed by atoms with Gasteiger partial charge in [-0.1, -0.05) is 6.07 Å². The highest BCUT2D eigenvalue weighted by Crippen LogP contribution is 2.13. The number of pyridine rings is 1. The van der Waals surface area contributed by atoms with Crippen LogP contribution in [-0.2, 0) is 4.74 Å². The van der Waals surface area contributed by atoms with Gasteiger partial charge >= 0.3 is 0 Å². The second-order valence-corrected chi connectivity index (χ2v) is 5.30. The Balaban J connectivity index is 1.76. The largest absolute Gasteiger partial charge is 0.377 e. The van der Waals surface area contributed by atoms with Crippen LogP contribution >= 0.6 is 0 Å². The van der Waals surface area contributed by atoms with Gasteiger partial charge in [-0.2, -0.15) is 0 Å². The maximum atomic E-state index is 12.5. The molecule has 6 nitrogen and oxygen atoms in total. The van der Waals surface area contributed by atoms with Gasteiger partial charge in [0.15, 0.2) is 5.82 Å². The summed E-state index contributed by atoms with van der Waals surface area (Å²) in [4.78, 5) is 27.0. The van der Waals surface area contributed by atoms with E-state index in [1.54, 1.807) is 23.5 Å². The van der Waals surface area contributed by atoms with Gasteiger partial charge in [-0.3, -0.25) is 9.78 Å². The molecule has 0 radical (unpaired) electrons. The fraction of sp³-hybridized carbons (Fsp3) is 0.375. The lowest BCUT2D eigenvalue weighted by Gasteiger charge is -2.21. The number of hydrogen-bond donors (Lipinski definition) is 0.